The van der Waals surface area contributed by atoms with Gasteiger partial charge in [0.15, 0.2) is 0 Å². The van der Waals surface area contributed by atoms with Gasteiger partial charge in [0.1, 0.15) is 23.6 Å². The van der Waals surface area contributed by atoms with Crippen molar-refractivity contribution < 1.29 is 13.9 Å². The van der Waals surface area contributed by atoms with Gasteiger partial charge in [0.25, 0.3) is 0 Å². The molecule has 0 radical (unpaired) electrons. The van der Waals surface area contributed by atoms with E-state index in [1.807, 2.05) is 12.1 Å². The largest absolute Gasteiger partial charge is 0.456 e. The van der Waals surface area contributed by atoms with Gasteiger partial charge in [0.05, 0.1) is 4.47 Å². The minimum atomic E-state index is -0.271. The number of carbonyl (C=O) groups excluding carboxylic acids is 1. The number of halogens is 2. The average molecular weight is 337 g/mol. The van der Waals surface area contributed by atoms with Crippen LogP contribution in [0.25, 0.3) is 0 Å². The first kappa shape index (κ1) is 14.7. The highest BCUT2D eigenvalue weighted by molar-refractivity contribution is 9.10. The molecule has 4 heteroatoms. The Bertz CT molecular complexity index is 630. The molecular weight excluding hydrogens is 323 g/mol. The molecule has 0 saturated carbocycles. The number of carbonyl (C=O) groups is 1. The van der Waals surface area contributed by atoms with Gasteiger partial charge >= 0.3 is 0 Å². The molecule has 0 spiro atoms. The maximum atomic E-state index is 13.3. The zero-order chi connectivity index (χ0) is 14.7. The van der Waals surface area contributed by atoms with Crippen molar-refractivity contribution >= 4 is 22.2 Å². The summed E-state index contributed by atoms with van der Waals surface area (Å²) < 4.78 is 19.9. The van der Waals surface area contributed by atoms with Crippen molar-refractivity contribution in [1.82, 2.24) is 0 Å². The predicted molar refractivity (Wildman–Crippen MR) is 79.9 cm³/mol. The van der Waals surface area contributed by atoms with Crippen LogP contribution in [0, 0.1) is 19.7 Å². The van der Waals surface area contributed by atoms with Crippen LogP contribution >= 0.6 is 15.9 Å². The lowest BCUT2D eigenvalue weighted by molar-refractivity contribution is -0.107. The van der Waals surface area contributed by atoms with Crippen LogP contribution in [0.1, 0.15) is 16.7 Å². The Morgan fingerprint density at radius 3 is 2.40 bits per heavy atom. The molecule has 0 atom stereocenters. The van der Waals surface area contributed by atoms with E-state index in [0.717, 1.165) is 27.4 Å². The summed E-state index contributed by atoms with van der Waals surface area (Å²) in [6.45, 7) is 3.61. The van der Waals surface area contributed by atoms with Crippen LogP contribution in [0.3, 0.4) is 0 Å². The smallest absolute Gasteiger partial charge is 0.141 e. The SMILES string of the molecule is Cc1cc(F)cc(C)c1Oc1ccc(CC=O)cc1Br. The lowest BCUT2D eigenvalue weighted by Gasteiger charge is -2.13. The molecule has 2 aromatic carbocycles. The number of ether oxygens (including phenoxy) is 1. The molecule has 0 bridgehead atoms. The molecule has 20 heavy (non-hydrogen) atoms. The van der Waals surface area contributed by atoms with Crippen molar-refractivity contribution in [1.29, 1.82) is 0 Å². The summed E-state index contributed by atoms with van der Waals surface area (Å²) in [5.74, 6) is 1.01. The minimum absolute atomic E-state index is 0.271. The first-order chi connectivity index (χ1) is 9.51. The van der Waals surface area contributed by atoms with Gasteiger partial charge < -0.3 is 9.53 Å². The summed E-state index contributed by atoms with van der Waals surface area (Å²) in [6, 6.07) is 8.36. The van der Waals surface area contributed by atoms with Crippen molar-refractivity contribution in [3.05, 3.63) is 57.3 Å². The standard InChI is InChI=1S/C16H14BrFO2/c1-10-7-13(18)8-11(2)16(10)20-15-4-3-12(5-6-19)9-14(15)17/h3-4,6-9H,5H2,1-2H3. The quantitative estimate of drug-likeness (QED) is 0.754. The normalized spacial score (nSPS) is 10.4. The average Bonchev–Trinajstić information content (AvgIpc) is 2.36. The number of aryl methyl sites for hydroxylation is 2. The van der Waals surface area contributed by atoms with E-state index in [1.54, 1.807) is 19.9 Å². The third-order valence-electron chi connectivity index (χ3n) is 2.95. The lowest BCUT2D eigenvalue weighted by atomic mass is 10.1. The zero-order valence-corrected chi connectivity index (χ0v) is 12.8. The summed E-state index contributed by atoms with van der Waals surface area (Å²) in [4.78, 5) is 10.5. The second-order valence-electron chi connectivity index (χ2n) is 4.61. The molecular formula is C16H14BrFO2. The highest BCUT2D eigenvalue weighted by Crippen LogP contribution is 2.34. The topological polar surface area (TPSA) is 26.3 Å². The number of rotatable bonds is 4. The van der Waals surface area contributed by atoms with Crippen molar-refractivity contribution in [3.8, 4) is 11.5 Å². The minimum Gasteiger partial charge on any atom is -0.456 e. The van der Waals surface area contributed by atoms with E-state index in [1.165, 1.54) is 12.1 Å². The maximum absolute atomic E-state index is 13.3. The Morgan fingerprint density at radius 1 is 1.20 bits per heavy atom. The molecule has 0 N–H and O–H groups in total. The Hall–Kier alpha value is -1.68. The molecule has 0 fully saturated rings. The molecule has 2 nitrogen and oxygen atoms in total. The predicted octanol–water partition coefficient (Wildman–Crippen LogP) is 4.74. The molecule has 0 aromatic heterocycles. The van der Waals surface area contributed by atoms with Gasteiger partial charge in [0.2, 0.25) is 0 Å². The fourth-order valence-electron chi connectivity index (χ4n) is 2.02. The first-order valence-corrected chi connectivity index (χ1v) is 6.97. The van der Waals surface area contributed by atoms with Gasteiger partial charge in [-0.2, -0.15) is 0 Å². The van der Waals surface area contributed by atoms with Gasteiger partial charge in [-0.1, -0.05) is 6.07 Å². The van der Waals surface area contributed by atoms with Crippen LogP contribution in [-0.4, -0.2) is 6.29 Å². The van der Waals surface area contributed by atoms with E-state index in [4.69, 9.17) is 4.74 Å². The number of aldehydes is 1. The molecule has 0 amide bonds. The van der Waals surface area contributed by atoms with Crippen molar-refractivity contribution in [3.63, 3.8) is 0 Å². The van der Waals surface area contributed by atoms with Crippen molar-refractivity contribution in [2.45, 2.75) is 20.3 Å². The Balaban J connectivity index is 2.33. The summed E-state index contributed by atoms with van der Waals surface area (Å²) in [5, 5.41) is 0. The first-order valence-electron chi connectivity index (χ1n) is 6.18. The second-order valence-corrected chi connectivity index (χ2v) is 5.46. The van der Waals surface area contributed by atoms with Gasteiger partial charge in [-0.25, -0.2) is 4.39 Å². The number of hydrogen-bond donors (Lipinski definition) is 0. The Morgan fingerprint density at radius 2 is 1.85 bits per heavy atom. The van der Waals surface area contributed by atoms with Gasteiger partial charge in [-0.05, 0) is 70.7 Å². The van der Waals surface area contributed by atoms with Crippen LogP contribution in [0.4, 0.5) is 4.39 Å². The lowest BCUT2D eigenvalue weighted by Crippen LogP contribution is -1.94. The van der Waals surface area contributed by atoms with E-state index in [9.17, 15) is 9.18 Å². The Labute approximate surface area is 125 Å². The van der Waals surface area contributed by atoms with E-state index in [0.29, 0.717) is 17.9 Å². The summed E-state index contributed by atoms with van der Waals surface area (Å²) in [6.07, 6.45) is 1.23. The van der Waals surface area contributed by atoms with E-state index >= 15 is 0 Å². The Kier molecular flexibility index (Phi) is 4.55. The van der Waals surface area contributed by atoms with Crippen LogP contribution in [0.2, 0.25) is 0 Å². The fraction of sp³-hybridized carbons (Fsp3) is 0.188. The van der Waals surface area contributed by atoms with Gasteiger partial charge in [-0.3, -0.25) is 0 Å². The van der Waals surface area contributed by atoms with Crippen LogP contribution in [-0.2, 0) is 11.2 Å². The number of hydrogen-bond acceptors (Lipinski definition) is 2. The second kappa shape index (κ2) is 6.18. The van der Waals surface area contributed by atoms with E-state index in [-0.39, 0.29) is 5.82 Å². The monoisotopic (exact) mass is 336 g/mol. The highest BCUT2D eigenvalue weighted by atomic mass is 79.9. The molecule has 104 valence electrons. The third kappa shape index (κ3) is 3.25. The van der Waals surface area contributed by atoms with E-state index < -0.39 is 0 Å². The summed E-state index contributed by atoms with van der Waals surface area (Å²) in [5.41, 5.74) is 2.39. The van der Waals surface area contributed by atoms with Gasteiger partial charge in [0, 0.05) is 6.42 Å². The number of benzene rings is 2. The van der Waals surface area contributed by atoms with E-state index in [2.05, 4.69) is 15.9 Å². The fourth-order valence-corrected chi connectivity index (χ4v) is 2.53. The molecule has 0 aliphatic rings. The van der Waals surface area contributed by atoms with Crippen LogP contribution < -0.4 is 4.74 Å². The third-order valence-corrected chi connectivity index (χ3v) is 3.57. The molecule has 2 aromatic rings. The molecule has 0 aliphatic heterocycles. The van der Waals surface area contributed by atoms with Crippen LogP contribution in [0.15, 0.2) is 34.8 Å². The highest BCUT2D eigenvalue weighted by Gasteiger charge is 2.10. The van der Waals surface area contributed by atoms with Crippen molar-refractivity contribution in [2.24, 2.45) is 0 Å². The molecule has 0 aliphatic carbocycles. The molecule has 0 saturated heterocycles. The van der Waals surface area contributed by atoms with Crippen molar-refractivity contribution in [2.75, 3.05) is 0 Å². The zero-order valence-electron chi connectivity index (χ0n) is 11.2. The molecule has 0 heterocycles. The van der Waals surface area contributed by atoms with Gasteiger partial charge in [-0.15, -0.1) is 0 Å². The summed E-state index contributed by atoms with van der Waals surface area (Å²) >= 11 is 3.42. The summed E-state index contributed by atoms with van der Waals surface area (Å²) in [7, 11) is 0. The maximum Gasteiger partial charge on any atom is 0.141 e. The molecule has 2 rings (SSSR count). The molecule has 0 unspecified atom stereocenters. The van der Waals surface area contributed by atoms with Crippen LogP contribution in [0.5, 0.6) is 11.5 Å².